The van der Waals surface area contributed by atoms with E-state index in [-0.39, 0.29) is 6.10 Å². The molecule has 2 atom stereocenters. The molecule has 0 bridgehead atoms. The van der Waals surface area contributed by atoms with E-state index in [0.29, 0.717) is 19.6 Å². The summed E-state index contributed by atoms with van der Waals surface area (Å²) < 4.78 is 10.4. The molecular formula is C9H14O4. The van der Waals surface area contributed by atoms with E-state index in [1.54, 1.807) is 6.08 Å². The van der Waals surface area contributed by atoms with Crippen LogP contribution in [0.3, 0.4) is 0 Å². The van der Waals surface area contributed by atoms with Crippen molar-refractivity contribution in [3.8, 4) is 0 Å². The number of aliphatic carboxylic acids is 1. The molecule has 1 aliphatic heterocycles. The lowest BCUT2D eigenvalue weighted by molar-refractivity contribution is -0.150. The highest BCUT2D eigenvalue weighted by Gasteiger charge is 2.30. The maximum absolute atomic E-state index is 10.5. The third-order valence-corrected chi connectivity index (χ3v) is 1.92. The molecule has 0 saturated carbocycles. The molecule has 0 spiro atoms. The minimum atomic E-state index is -0.883. The number of hydrogen-bond donors (Lipinski definition) is 1. The van der Waals surface area contributed by atoms with E-state index in [9.17, 15) is 4.79 Å². The van der Waals surface area contributed by atoms with Gasteiger partial charge in [-0.2, -0.15) is 0 Å². The van der Waals surface area contributed by atoms with Gasteiger partial charge < -0.3 is 14.6 Å². The van der Waals surface area contributed by atoms with Crippen LogP contribution in [0.2, 0.25) is 0 Å². The Morgan fingerprint density at radius 2 is 2.46 bits per heavy atom. The lowest BCUT2D eigenvalue weighted by Gasteiger charge is -2.10. The van der Waals surface area contributed by atoms with E-state index in [1.807, 2.05) is 0 Å². The molecule has 0 radical (unpaired) electrons. The van der Waals surface area contributed by atoms with Crippen molar-refractivity contribution in [1.29, 1.82) is 0 Å². The van der Waals surface area contributed by atoms with Crippen LogP contribution < -0.4 is 0 Å². The van der Waals surface area contributed by atoms with Gasteiger partial charge in [0.05, 0.1) is 19.3 Å². The summed E-state index contributed by atoms with van der Waals surface area (Å²) in [6, 6.07) is 0. The van der Waals surface area contributed by atoms with Crippen LogP contribution in [0.25, 0.3) is 0 Å². The second-order valence-electron chi connectivity index (χ2n) is 2.99. The average Bonchev–Trinajstić information content (AvgIpc) is 2.53. The largest absolute Gasteiger partial charge is 0.479 e. The second kappa shape index (κ2) is 4.99. The summed E-state index contributed by atoms with van der Waals surface area (Å²) in [7, 11) is 0. The Balaban J connectivity index is 2.17. The van der Waals surface area contributed by atoms with E-state index in [0.717, 1.165) is 6.42 Å². The number of carboxylic acid groups (broad SMARTS) is 1. The average molecular weight is 186 g/mol. The Kier molecular flexibility index (Phi) is 3.92. The van der Waals surface area contributed by atoms with E-state index in [4.69, 9.17) is 14.6 Å². The van der Waals surface area contributed by atoms with Crippen molar-refractivity contribution in [2.24, 2.45) is 0 Å². The van der Waals surface area contributed by atoms with Crippen LogP contribution in [0, 0.1) is 0 Å². The maximum atomic E-state index is 10.5. The first kappa shape index (κ1) is 10.2. The molecule has 2 unspecified atom stereocenters. The minimum Gasteiger partial charge on any atom is -0.479 e. The number of carboxylic acids is 1. The minimum absolute atomic E-state index is 0.0685. The molecule has 1 fully saturated rings. The molecule has 4 nitrogen and oxygen atoms in total. The Labute approximate surface area is 77.1 Å². The first-order valence-corrected chi connectivity index (χ1v) is 4.31. The number of hydrogen-bond acceptors (Lipinski definition) is 3. The monoisotopic (exact) mass is 186 g/mol. The number of ether oxygens (including phenoxy) is 2. The van der Waals surface area contributed by atoms with Gasteiger partial charge in [-0.05, 0) is 12.8 Å². The van der Waals surface area contributed by atoms with E-state index in [2.05, 4.69) is 6.58 Å². The van der Waals surface area contributed by atoms with Crippen LogP contribution in [0.4, 0.5) is 0 Å². The van der Waals surface area contributed by atoms with Gasteiger partial charge in [-0.3, -0.25) is 0 Å². The van der Waals surface area contributed by atoms with Crippen molar-refractivity contribution in [3.63, 3.8) is 0 Å². The van der Waals surface area contributed by atoms with Gasteiger partial charge >= 0.3 is 5.97 Å². The molecule has 74 valence electrons. The van der Waals surface area contributed by atoms with Gasteiger partial charge in [0.25, 0.3) is 0 Å². The normalized spacial score (nSPS) is 27.4. The lowest BCUT2D eigenvalue weighted by Crippen LogP contribution is -2.22. The zero-order chi connectivity index (χ0) is 9.68. The van der Waals surface area contributed by atoms with Crippen LogP contribution >= 0.6 is 0 Å². The van der Waals surface area contributed by atoms with Crippen molar-refractivity contribution < 1.29 is 19.4 Å². The summed E-state index contributed by atoms with van der Waals surface area (Å²) in [5.41, 5.74) is 0. The van der Waals surface area contributed by atoms with Gasteiger partial charge in [-0.15, -0.1) is 6.58 Å². The summed E-state index contributed by atoms with van der Waals surface area (Å²) in [6.07, 6.45) is 2.29. The maximum Gasteiger partial charge on any atom is 0.332 e. The number of rotatable bonds is 5. The Morgan fingerprint density at radius 1 is 1.69 bits per heavy atom. The third kappa shape index (κ3) is 3.16. The van der Waals surface area contributed by atoms with E-state index < -0.39 is 12.1 Å². The highest BCUT2D eigenvalue weighted by atomic mass is 16.6. The van der Waals surface area contributed by atoms with Crippen LogP contribution in [0.1, 0.15) is 12.8 Å². The molecule has 1 saturated heterocycles. The fourth-order valence-electron chi connectivity index (χ4n) is 1.29. The molecule has 0 aliphatic carbocycles. The second-order valence-corrected chi connectivity index (χ2v) is 2.99. The molecule has 13 heavy (non-hydrogen) atoms. The quantitative estimate of drug-likeness (QED) is 0.510. The van der Waals surface area contributed by atoms with Crippen LogP contribution in [0.15, 0.2) is 12.7 Å². The van der Waals surface area contributed by atoms with Crippen LogP contribution in [-0.2, 0) is 14.3 Å². The zero-order valence-corrected chi connectivity index (χ0v) is 7.44. The third-order valence-electron chi connectivity index (χ3n) is 1.92. The highest BCUT2D eigenvalue weighted by molar-refractivity contribution is 5.72. The van der Waals surface area contributed by atoms with Gasteiger partial charge in [0, 0.05) is 0 Å². The molecule has 0 aromatic heterocycles. The predicted octanol–water partition coefficient (Wildman–Crippen LogP) is 0.821. The van der Waals surface area contributed by atoms with Crippen molar-refractivity contribution in [2.75, 3.05) is 13.2 Å². The van der Waals surface area contributed by atoms with Crippen molar-refractivity contribution in [1.82, 2.24) is 0 Å². The first-order valence-electron chi connectivity index (χ1n) is 4.31. The summed E-state index contributed by atoms with van der Waals surface area (Å²) >= 11 is 0. The molecule has 1 heterocycles. The molecule has 4 heteroatoms. The Morgan fingerprint density at radius 3 is 3.00 bits per heavy atom. The van der Waals surface area contributed by atoms with Gasteiger partial charge in [-0.1, -0.05) is 6.08 Å². The molecule has 1 aliphatic rings. The van der Waals surface area contributed by atoms with Crippen LogP contribution in [-0.4, -0.2) is 36.5 Å². The zero-order valence-electron chi connectivity index (χ0n) is 7.44. The molecule has 0 aromatic rings. The fraction of sp³-hybridized carbons (Fsp3) is 0.667. The lowest BCUT2D eigenvalue weighted by atomic mass is 10.2. The number of carbonyl (C=O) groups is 1. The Bertz CT molecular complexity index is 190. The topological polar surface area (TPSA) is 55.8 Å². The molecular weight excluding hydrogens is 172 g/mol. The smallest absolute Gasteiger partial charge is 0.332 e. The summed E-state index contributed by atoms with van der Waals surface area (Å²) in [6.45, 7) is 4.45. The van der Waals surface area contributed by atoms with Crippen molar-refractivity contribution in [3.05, 3.63) is 12.7 Å². The van der Waals surface area contributed by atoms with Gasteiger partial charge in [0.15, 0.2) is 6.10 Å². The van der Waals surface area contributed by atoms with E-state index in [1.165, 1.54) is 0 Å². The van der Waals surface area contributed by atoms with Gasteiger partial charge in [0.1, 0.15) is 0 Å². The standard InChI is InChI=1S/C9H14O4/c1-2-5-12-6-7-3-4-8(13-7)9(10)11/h2,7-8H,1,3-6H2,(H,10,11). The summed E-state index contributed by atoms with van der Waals surface area (Å²) in [5.74, 6) is -0.883. The van der Waals surface area contributed by atoms with Gasteiger partial charge in [0.2, 0.25) is 0 Å². The molecule has 0 aromatic carbocycles. The van der Waals surface area contributed by atoms with E-state index >= 15 is 0 Å². The molecule has 1 N–H and O–H groups in total. The van der Waals surface area contributed by atoms with Crippen LogP contribution in [0.5, 0.6) is 0 Å². The SMILES string of the molecule is C=CCOCC1CCC(C(=O)O)O1. The highest BCUT2D eigenvalue weighted by Crippen LogP contribution is 2.19. The summed E-state index contributed by atoms with van der Waals surface area (Å²) in [4.78, 5) is 10.5. The first-order chi connectivity index (χ1) is 6.24. The predicted molar refractivity (Wildman–Crippen MR) is 46.5 cm³/mol. The fourth-order valence-corrected chi connectivity index (χ4v) is 1.29. The van der Waals surface area contributed by atoms with Gasteiger partial charge in [-0.25, -0.2) is 4.79 Å². The van der Waals surface area contributed by atoms with Crippen molar-refractivity contribution in [2.45, 2.75) is 25.0 Å². The molecule has 1 rings (SSSR count). The Hall–Kier alpha value is -0.870. The van der Waals surface area contributed by atoms with Crippen molar-refractivity contribution >= 4 is 5.97 Å². The molecule has 0 amide bonds. The summed E-state index contributed by atoms with van der Waals surface area (Å²) in [5, 5.41) is 8.62.